The Morgan fingerprint density at radius 3 is 2.57 bits per heavy atom. The van der Waals surface area contributed by atoms with Crippen LogP contribution in [0.15, 0.2) is 18.2 Å². The first kappa shape index (κ1) is 18.0. The maximum absolute atomic E-state index is 13.6. The van der Waals surface area contributed by atoms with Crippen LogP contribution in [-0.2, 0) is 4.74 Å². The van der Waals surface area contributed by atoms with Crippen molar-refractivity contribution < 1.29 is 18.6 Å². The highest BCUT2D eigenvalue weighted by Crippen LogP contribution is 2.22. The highest BCUT2D eigenvalue weighted by atomic mass is 19.2. The maximum atomic E-state index is 13.6. The largest absolute Gasteiger partial charge is 0.388 e. The Bertz CT molecular complexity index is 427. The van der Waals surface area contributed by atoms with Crippen LogP contribution in [0.4, 0.5) is 8.78 Å². The van der Waals surface area contributed by atoms with E-state index in [1.165, 1.54) is 12.1 Å². The van der Waals surface area contributed by atoms with Gasteiger partial charge in [0.15, 0.2) is 11.6 Å². The van der Waals surface area contributed by atoms with E-state index < -0.39 is 17.7 Å². The first-order valence-corrected chi connectivity index (χ1v) is 7.29. The molecule has 0 aliphatic rings. The van der Waals surface area contributed by atoms with Crippen LogP contribution in [0.1, 0.15) is 31.9 Å². The normalized spacial score (nSPS) is 13.1. The van der Waals surface area contributed by atoms with Crippen LogP contribution in [0, 0.1) is 17.6 Å². The van der Waals surface area contributed by atoms with Crippen LogP contribution in [0.3, 0.4) is 0 Å². The third-order valence-electron chi connectivity index (χ3n) is 3.29. The smallest absolute Gasteiger partial charge is 0.164 e. The van der Waals surface area contributed by atoms with Gasteiger partial charge >= 0.3 is 0 Å². The minimum Gasteiger partial charge on any atom is -0.388 e. The Kier molecular flexibility index (Phi) is 7.78. The standard InChI is InChI=1S/C16H25F2NO2/c1-12(2)11-19(9-10-21-3)8-7-15(20)13-5-4-6-14(17)16(13)18/h4-6,12,15,20H,7-11H2,1-3H3. The highest BCUT2D eigenvalue weighted by molar-refractivity contribution is 5.21. The minimum atomic E-state index is -1.00. The summed E-state index contributed by atoms with van der Waals surface area (Å²) in [4.78, 5) is 2.16. The Hall–Kier alpha value is -1.04. The minimum absolute atomic E-state index is 0.0197. The highest BCUT2D eigenvalue weighted by Gasteiger charge is 2.17. The van der Waals surface area contributed by atoms with Gasteiger partial charge in [-0.1, -0.05) is 26.0 Å². The lowest BCUT2D eigenvalue weighted by molar-refractivity contribution is 0.109. The quantitative estimate of drug-likeness (QED) is 0.761. The molecule has 1 atom stereocenters. The Labute approximate surface area is 125 Å². The summed E-state index contributed by atoms with van der Waals surface area (Å²) in [7, 11) is 1.64. The number of hydrogen-bond donors (Lipinski definition) is 1. The molecule has 1 unspecified atom stereocenters. The predicted molar refractivity (Wildman–Crippen MR) is 79.1 cm³/mol. The van der Waals surface area contributed by atoms with Gasteiger partial charge in [0.2, 0.25) is 0 Å². The van der Waals surface area contributed by atoms with Gasteiger partial charge in [-0.3, -0.25) is 0 Å². The van der Waals surface area contributed by atoms with Gasteiger partial charge in [-0.15, -0.1) is 0 Å². The first-order valence-electron chi connectivity index (χ1n) is 7.29. The lowest BCUT2D eigenvalue weighted by Crippen LogP contribution is -2.32. The van der Waals surface area contributed by atoms with E-state index in [-0.39, 0.29) is 5.56 Å². The molecule has 1 aromatic rings. The molecule has 0 saturated heterocycles. The number of nitrogens with zero attached hydrogens (tertiary/aromatic N) is 1. The number of hydrogen-bond acceptors (Lipinski definition) is 3. The molecule has 0 spiro atoms. The molecule has 1 rings (SSSR count). The van der Waals surface area contributed by atoms with Crippen LogP contribution in [0.5, 0.6) is 0 Å². The van der Waals surface area contributed by atoms with Crippen LogP contribution in [0.2, 0.25) is 0 Å². The molecule has 0 aliphatic carbocycles. The van der Waals surface area contributed by atoms with E-state index in [4.69, 9.17) is 4.74 Å². The summed E-state index contributed by atoms with van der Waals surface area (Å²) in [5.41, 5.74) is 0.0197. The summed E-state index contributed by atoms with van der Waals surface area (Å²) in [6.07, 6.45) is -0.644. The van der Waals surface area contributed by atoms with Gasteiger partial charge in [-0.25, -0.2) is 8.78 Å². The Balaban J connectivity index is 2.59. The molecule has 120 valence electrons. The zero-order valence-corrected chi connectivity index (χ0v) is 13.0. The van der Waals surface area contributed by atoms with Crippen molar-refractivity contribution in [1.82, 2.24) is 4.90 Å². The molecule has 0 radical (unpaired) electrons. The van der Waals surface area contributed by atoms with Gasteiger partial charge in [-0.05, 0) is 18.4 Å². The van der Waals surface area contributed by atoms with Crippen molar-refractivity contribution in [2.45, 2.75) is 26.4 Å². The van der Waals surface area contributed by atoms with Gasteiger partial charge in [0.05, 0.1) is 12.7 Å². The number of ether oxygens (including phenoxy) is 1. The second kappa shape index (κ2) is 9.07. The molecule has 5 heteroatoms. The molecular formula is C16H25F2NO2. The first-order chi connectivity index (χ1) is 9.95. The van der Waals surface area contributed by atoms with Gasteiger partial charge in [0.25, 0.3) is 0 Å². The van der Waals surface area contributed by atoms with Crippen molar-refractivity contribution >= 4 is 0 Å². The van der Waals surface area contributed by atoms with E-state index >= 15 is 0 Å². The Morgan fingerprint density at radius 2 is 1.95 bits per heavy atom. The Morgan fingerprint density at radius 1 is 1.24 bits per heavy atom. The average molecular weight is 301 g/mol. The average Bonchev–Trinajstić information content (AvgIpc) is 2.44. The van der Waals surface area contributed by atoms with Crippen LogP contribution < -0.4 is 0 Å². The second-order valence-electron chi connectivity index (χ2n) is 5.63. The number of halogens is 2. The van der Waals surface area contributed by atoms with E-state index in [1.54, 1.807) is 7.11 Å². The molecule has 1 N–H and O–H groups in total. The van der Waals surface area contributed by atoms with E-state index in [0.29, 0.717) is 25.5 Å². The number of rotatable bonds is 9. The summed E-state index contributed by atoms with van der Waals surface area (Å²) in [5.74, 6) is -1.40. The topological polar surface area (TPSA) is 32.7 Å². The number of methoxy groups -OCH3 is 1. The van der Waals surface area contributed by atoms with Crippen molar-refractivity contribution in [3.8, 4) is 0 Å². The molecule has 0 aromatic heterocycles. The summed E-state index contributed by atoms with van der Waals surface area (Å²) >= 11 is 0. The molecule has 0 amide bonds. The zero-order valence-electron chi connectivity index (χ0n) is 13.0. The summed E-state index contributed by atoms with van der Waals surface area (Å²) < 4.78 is 31.9. The van der Waals surface area contributed by atoms with Gasteiger partial charge < -0.3 is 14.7 Å². The fourth-order valence-corrected chi connectivity index (χ4v) is 2.27. The lowest BCUT2D eigenvalue weighted by Gasteiger charge is -2.25. The monoisotopic (exact) mass is 301 g/mol. The molecule has 0 fully saturated rings. The van der Waals surface area contributed by atoms with Gasteiger partial charge in [0.1, 0.15) is 0 Å². The zero-order chi connectivity index (χ0) is 15.8. The van der Waals surface area contributed by atoms with E-state index in [1.807, 2.05) is 0 Å². The van der Waals surface area contributed by atoms with E-state index in [9.17, 15) is 13.9 Å². The predicted octanol–water partition coefficient (Wildman–Crippen LogP) is 2.99. The van der Waals surface area contributed by atoms with Crippen LogP contribution in [0.25, 0.3) is 0 Å². The third-order valence-corrected chi connectivity index (χ3v) is 3.29. The van der Waals surface area contributed by atoms with Crippen molar-refractivity contribution in [3.05, 3.63) is 35.4 Å². The number of aliphatic hydroxyl groups excluding tert-OH is 1. The number of benzene rings is 1. The lowest BCUT2D eigenvalue weighted by atomic mass is 10.1. The third kappa shape index (κ3) is 6.08. The fourth-order valence-electron chi connectivity index (χ4n) is 2.27. The van der Waals surface area contributed by atoms with Gasteiger partial charge in [0, 0.05) is 32.3 Å². The fraction of sp³-hybridized carbons (Fsp3) is 0.625. The van der Waals surface area contributed by atoms with Crippen molar-refractivity contribution in [3.63, 3.8) is 0 Å². The van der Waals surface area contributed by atoms with Crippen molar-refractivity contribution in [1.29, 1.82) is 0 Å². The SMILES string of the molecule is COCCN(CCC(O)c1cccc(F)c1F)CC(C)C. The molecule has 0 aliphatic heterocycles. The van der Waals surface area contributed by atoms with Crippen molar-refractivity contribution in [2.24, 2.45) is 5.92 Å². The molecular weight excluding hydrogens is 276 g/mol. The maximum Gasteiger partial charge on any atom is 0.164 e. The molecule has 0 bridgehead atoms. The number of aliphatic hydroxyl groups is 1. The van der Waals surface area contributed by atoms with Crippen molar-refractivity contribution in [2.75, 3.05) is 33.4 Å². The molecule has 0 saturated carbocycles. The van der Waals surface area contributed by atoms with E-state index in [0.717, 1.165) is 19.2 Å². The molecule has 21 heavy (non-hydrogen) atoms. The molecule has 1 aromatic carbocycles. The summed E-state index contributed by atoms with van der Waals surface area (Å²) in [6.45, 7) is 7.08. The van der Waals surface area contributed by atoms with E-state index in [2.05, 4.69) is 18.7 Å². The molecule has 0 heterocycles. The van der Waals surface area contributed by atoms with Crippen LogP contribution >= 0.6 is 0 Å². The summed E-state index contributed by atoms with van der Waals surface area (Å²) in [5, 5.41) is 10.1. The summed E-state index contributed by atoms with van der Waals surface area (Å²) in [6, 6.07) is 3.88. The molecule has 3 nitrogen and oxygen atoms in total. The second-order valence-corrected chi connectivity index (χ2v) is 5.63. The van der Waals surface area contributed by atoms with Gasteiger partial charge in [-0.2, -0.15) is 0 Å². The van der Waals surface area contributed by atoms with Crippen LogP contribution in [-0.4, -0.2) is 43.4 Å².